The molecule has 0 bridgehead atoms. The van der Waals surface area contributed by atoms with E-state index in [2.05, 4.69) is 27.7 Å². The summed E-state index contributed by atoms with van der Waals surface area (Å²) in [5.41, 5.74) is 0. The van der Waals surface area contributed by atoms with Crippen LogP contribution in [0.5, 0.6) is 0 Å². The molecule has 0 heterocycles. The van der Waals surface area contributed by atoms with Crippen molar-refractivity contribution in [3.63, 3.8) is 0 Å². The Morgan fingerprint density at radius 1 is 0.257 bits per heavy atom. The Hall–Kier alpha value is 0.440. The zero-order valence-corrected chi connectivity index (χ0v) is 26.9. The van der Waals surface area contributed by atoms with E-state index >= 15 is 0 Å². The molecule has 2 heteroatoms. The zero-order valence-electron chi connectivity index (χ0n) is 25.3. The van der Waals surface area contributed by atoms with Crippen LogP contribution in [0.15, 0.2) is 0 Å². The molecule has 0 fully saturated rings. The molecule has 0 rings (SSSR count). The van der Waals surface area contributed by atoms with Crippen molar-refractivity contribution in [1.29, 1.82) is 0 Å². The van der Waals surface area contributed by atoms with Crippen LogP contribution < -0.4 is 17.0 Å². The highest BCUT2D eigenvalue weighted by Gasteiger charge is 2.25. The zero-order chi connectivity index (χ0) is 25.0. The van der Waals surface area contributed by atoms with E-state index in [1.54, 1.807) is 0 Å². The molecule has 0 radical (unpaired) electrons. The van der Waals surface area contributed by atoms with Gasteiger partial charge in [-0.15, -0.1) is 0 Å². The summed E-state index contributed by atoms with van der Waals surface area (Å²) in [5, 5.41) is 0. The van der Waals surface area contributed by atoms with Gasteiger partial charge in [0.1, 0.15) is 0 Å². The van der Waals surface area contributed by atoms with Crippen LogP contribution in [0.3, 0.4) is 0 Å². The molecule has 0 unspecified atom stereocenters. The van der Waals surface area contributed by atoms with Crippen molar-refractivity contribution in [2.45, 2.75) is 188 Å². The molecule has 0 N–H and O–H groups in total. The van der Waals surface area contributed by atoms with E-state index in [-0.39, 0.29) is 17.0 Å². The van der Waals surface area contributed by atoms with E-state index in [4.69, 9.17) is 0 Å². The van der Waals surface area contributed by atoms with Crippen LogP contribution in [-0.4, -0.2) is 30.7 Å². The highest BCUT2D eigenvalue weighted by atomic mass is 79.9. The van der Waals surface area contributed by atoms with Gasteiger partial charge in [-0.3, -0.25) is 0 Å². The van der Waals surface area contributed by atoms with Crippen LogP contribution in [0.4, 0.5) is 0 Å². The first kappa shape index (κ1) is 37.6. The van der Waals surface area contributed by atoms with Gasteiger partial charge in [0.05, 0.1) is 26.2 Å². The Morgan fingerprint density at radius 3 is 0.629 bits per heavy atom. The van der Waals surface area contributed by atoms with Crippen LogP contribution in [0, 0.1) is 0 Å². The van der Waals surface area contributed by atoms with E-state index in [1.165, 1.54) is 191 Å². The standard InChI is InChI=1S/C33H70N.BrH/c1-5-9-13-17-18-19-20-21-25-29-33-34(30-26-22-14-10-6-2,31-27-23-15-11-7-3)32-28-24-16-12-8-4;/h5-33H2,1-4H3;1H/q+1;/p-1. The smallest absolute Gasteiger partial charge is 0.0786 e. The van der Waals surface area contributed by atoms with Gasteiger partial charge in [0, 0.05) is 0 Å². The van der Waals surface area contributed by atoms with Gasteiger partial charge < -0.3 is 21.5 Å². The molecule has 0 saturated heterocycles. The molecule has 0 aromatic carbocycles. The van der Waals surface area contributed by atoms with Crippen molar-refractivity contribution in [3.8, 4) is 0 Å². The average Bonchev–Trinajstić information content (AvgIpc) is 2.84. The molecule has 35 heavy (non-hydrogen) atoms. The first-order valence-corrected chi connectivity index (χ1v) is 16.6. The van der Waals surface area contributed by atoms with Crippen LogP contribution in [-0.2, 0) is 0 Å². The SMILES string of the molecule is CCCCCCCCCCCC[N+](CCCCCCC)(CCCCCCC)CCCCCCC.[Br-]. The second kappa shape index (κ2) is 30.7. The third kappa shape index (κ3) is 25.9. The lowest BCUT2D eigenvalue weighted by Gasteiger charge is -2.40. The van der Waals surface area contributed by atoms with E-state index in [0.29, 0.717) is 0 Å². The van der Waals surface area contributed by atoms with Gasteiger partial charge in [0.2, 0.25) is 0 Å². The van der Waals surface area contributed by atoms with Crippen molar-refractivity contribution in [1.82, 2.24) is 0 Å². The minimum atomic E-state index is 0. The average molecular weight is 561 g/mol. The molecule has 0 amide bonds. The summed E-state index contributed by atoms with van der Waals surface area (Å²) >= 11 is 0. The predicted molar refractivity (Wildman–Crippen MR) is 158 cm³/mol. The third-order valence-corrected chi connectivity index (χ3v) is 8.19. The van der Waals surface area contributed by atoms with Gasteiger partial charge in [0.25, 0.3) is 0 Å². The van der Waals surface area contributed by atoms with Crippen molar-refractivity contribution in [2.24, 2.45) is 0 Å². The van der Waals surface area contributed by atoms with Crippen molar-refractivity contribution >= 4 is 0 Å². The number of halogens is 1. The van der Waals surface area contributed by atoms with Crippen LogP contribution in [0.25, 0.3) is 0 Å². The number of unbranched alkanes of at least 4 members (excludes halogenated alkanes) is 21. The third-order valence-electron chi connectivity index (χ3n) is 8.19. The van der Waals surface area contributed by atoms with E-state index < -0.39 is 0 Å². The molecule has 214 valence electrons. The lowest BCUT2D eigenvalue weighted by atomic mass is 10.0. The number of rotatable bonds is 29. The molecule has 0 aliphatic rings. The number of hydrogen-bond acceptors (Lipinski definition) is 0. The van der Waals surface area contributed by atoms with E-state index in [1.807, 2.05) is 0 Å². The largest absolute Gasteiger partial charge is 1.00 e. The Kier molecular flexibility index (Phi) is 32.9. The summed E-state index contributed by atoms with van der Waals surface area (Å²) in [6.45, 7) is 15.3. The summed E-state index contributed by atoms with van der Waals surface area (Å²) in [7, 11) is 0. The first-order chi connectivity index (χ1) is 16.7. The first-order valence-electron chi connectivity index (χ1n) is 16.6. The molecule has 0 aromatic heterocycles. The van der Waals surface area contributed by atoms with Crippen molar-refractivity contribution in [2.75, 3.05) is 26.2 Å². The summed E-state index contributed by atoms with van der Waals surface area (Å²) in [6, 6.07) is 0. The Morgan fingerprint density at radius 2 is 0.429 bits per heavy atom. The Labute approximate surface area is 235 Å². The highest BCUT2D eigenvalue weighted by Crippen LogP contribution is 2.20. The molecular formula is C33H70BrN. The second-order valence-corrected chi connectivity index (χ2v) is 11.7. The van der Waals surface area contributed by atoms with Crippen LogP contribution in [0.2, 0.25) is 0 Å². The molecule has 0 saturated carbocycles. The minimum absolute atomic E-state index is 0. The van der Waals surface area contributed by atoms with Crippen molar-refractivity contribution < 1.29 is 21.5 Å². The molecular weight excluding hydrogens is 490 g/mol. The highest BCUT2D eigenvalue weighted by molar-refractivity contribution is 4.55. The molecule has 1 nitrogen and oxygen atoms in total. The van der Waals surface area contributed by atoms with Gasteiger partial charge in [-0.25, -0.2) is 0 Å². The Bertz CT molecular complexity index is 334. The summed E-state index contributed by atoms with van der Waals surface area (Å²) in [4.78, 5) is 0. The maximum atomic E-state index is 2.35. The maximum Gasteiger partial charge on any atom is 0.0786 e. The summed E-state index contributed by atoms with van der Waals surface area (Å²) < 4.78 is 1.47. The van der Waals surface area contributed by atoms with Crippen LogP contribution >= 0.6 is 0 Å². The lowest BCUT2D eigenvalue weighted by Crippen LogP contribution is -3.00. The minimum Gasteiger partial charge on any atom is -1.00 e. The van der Waals surface area contributed by atoms with Crippen molar-refractivity contribution in [3.05, 3.63) is 0 Å². The maximum absolute atomic E-state index is 2.35. The van der Waals surface area contributed by atoms with Gasteiger partial charge in [-0.05, 0) is 51.4 Å². The fraction of sp³-hybridized carbons (Fsp3) is 1.00. The fourth-order valence-electron chi connectivity index (χ4n) is 5.76. The van der Waals surface area contributed by atoms with Gasteiger partial charge in [0.15, 0.2) is 0 Å². The number of quaternary nitrogens is 1. The van der Waals surface area contributed by atoms with Gasteiger partial charge >= 0.3 is 0 Å². The number of nitrogens with zero attached hydrogens (tertiary/aromatic N) is 1. The quantitative estimate of drug-likeness (QED) is 0.0634. The summed E-state index contributed by atoms with van der Waals surface area (Å²) in [5.74, 6) is 0. The van der Waals surface area contributed by atoms with E-state index in [0.717, 1.165) is 0 Å². The van der Waals surface area contributed by atoms with E-state index in [9.17, 15) is 0 Å². The molecule has 0 aliphatic carbocycles. The monoisotopic (exact) mass is 559 g/mol. The van der Waals surface area contributed by atoms with Gasteiger partial charge in [-0.2, -0.15) is 0 Å². The van der Waals surface area contributed by atoms with Crippen LogP contribution in [0.1, 0.15) is 188 Å². The fourth-order valence-corrected chi connectivity index (χ4v) is 5.76. The topological polar surface area (TPSA) is 0 Å². The number of hydrogen-bond donors (Lipinski definition) is 0. The molecule has 0 aliphatic heterocycles. The molecule has 0 atom stereocenters. The lowest BCUT2D eigenvalue weighted by molar-refractivity contribution is -0.929. The second-order valence-electron chi connectivity index (χ2n) is 11.7. The Balaban J connectivity index is 0. The normalized spacial score (nSPS) is 11.7. The summed E-state index contributed by atoms with van der Waals surface area (Å²) in [6.07, 6.45) is 36.3. The molecule has 0 aromatic rings. The van der Waals surface area contributed by atoms with Gasteiger partial charge in [-0.1, -0.05) is 137 Å². The predicted octanol–water partition coefficient (Wildman–Crippen LogP) is 8.64. The molecule has 0 spiro atoms.